The quantitative estimate of drug-likeness (QED) is 0.451. The minimum atomic E-state index is -5.04. The summed E-state index contributed by atoms with van der Waals surface area (Å²) in [7, 11) is -4.05. The highest BCUT2D eigenvalue weighted by molar-refractivity contribution is 7.94. The Labute approximate surface area is 228 Å². The van der Waals surface area contributed by atoms with Crippen LogP contribution in [0.1, 0.15) is 54.5 Å². The Kier molecular flexibility index (Phi) is 8.21. The summed E-state index contributed by atoms with van der Waals surface area (Å²) in [5, 5.41) is 1.41. The molecule has 2 aromatic rings. The molecule has 2 aromatic carbocycles. The summed E-state index contributed by atoms with van der Waals surface area (Å²) in [6.45, 7) is 3.84. The summed E-state index contributed by atoms with van der Waals surface area (Å²) in [6, 6.07) is 6.88. The number of nitrogens with zero attached hydrogens (tertiary/aromatic N) is 1. The number of hydrogen-bond donors (Lipinski definition) is 1. The van der Waals surface area contributed by atoms with E-state index in [1.165, 1.54) is 13.8 Å². The first-order valence-electron chi connectivity index (χ1n) is 12.8. The maximum Gasteiger partial charge on any atom is 0.416 e. The molecule has 2 aliphatic rings. The molecule has 220 valence electrons. The molecule has 0 atom stereocenters. The molecule has 0 radical (unpaired) electrons. The van der Waals surface area contributed by atoms with Crippen molar-refractivity contribution < 1.29 is 44.3 Å². The number of benzene rings is 2. The van der Waals surface area contributed by atoms with Crippen molar-refractivity contribution in [1.82, 2.24) is 10.2 Å². The summed E-state index contributed by atoms with van der Waals surface area (Å²) in [4.78, 5) is 15.4. The SMILES string of the molecule is CC(C)S(=O)(=O)C1(C(=O)NCc2cc(C(F)(F)F)cc(C(F)(F)F)c2)CCN(Cc2ccc3c(c2)CCO3)CC1. The number of hydrogen-bond acceptors (Lipinski definition) is 5. The molecule has 0 aliphatic carbocycles. The van der Waals surface area contributed by atoms with Gasteiger partial charge in [-0.25, -0.2) is 8.42 Å². The predicted octanol–water partition coefficient (Wildman–Crippen LogP) is 5.13. The first-order chi connectivity index (χ1) is 18.5. The summed E-state index contributed by atoms with van der Waals surface area (Å²) >= 11 is 0. The fourth-order valence-corrected chi connectivity index (χ4v) is 7.21. The Morgan fingerprint density at radius 1 is 0.975 bits per heavy atom. The topological polar surface area (TPSA) is 75.7 Å². The van der Waals surface area contributed by atoms with E-state index in [-0.39, 0.29) is 32.0 Å². The predicted molar refractivity (Wildman–Crippen MR) is 135 cm³/mol. The molecule has 0 unspecified atom stereocenters. The number of nitrogens with one attached hydrogen (secondary N) is 1. The lowest BCUT2D eigenvalue weighted by Crippen LogP contribution is -2.59. The van der Waals surface area contributed by atoms with Crippen molar-refractivity contribution in [3.63, 3.8) is 0 Å². The van der Waals surface area contributed by atoms with Crippen molar-refractivity contribution in [2.24, 2.45) is 0 Å². The summed E-state index contributed by atoms with van der Waals surface area (Å²) in [5.74, 6) is -0.0919. The van der Waals surface area contributed by atoms with Crippen LogP contribution in [0.2, 0.25) is 0 Å². The van der Waals surface area contributed by atoms with Gasteiger partial charge in [-0.15, -0.1) is 0 Å². The second-order valence-corrected chi connectivity index (χ2v) is 13.3. The van der Waals surface area contributed by atoms with Gasteiger partial charge in [-0.3, -0.25) is 9.69 Å². The van der Waals surface area contributed by atoms with E-state index in [0.29, 0.717) is 25.3 Å². The van der Waals surface area contributed by atoms with Crippen LogP contribution in [0.4, 0.5) is 26.3 Å². The van der Waals surface area contributed by atoms with Crippen LogP contribution >= 0.6 is 0 Å². The highest BCUT2D eigenvalue weighted by atomic mass is 32.2. The first kappa shape index (κ1) is 30.2. The van der Waals surface area contributed by atoms with Crippen LogP contribution in [-0.4, -0.2) is 48.9 Å². The minimum Gasteiger partial charge on any atom is -0.493 e. The van der Waals surface area contributed by atoms with Gasteiger partial charge in [-0.05, 0) is 67.6 Å². The van der Waals surface area contributed by atoms with E-state index in [0.717, 1.165) is 23.3 Å². The van der Waals surface area contributed by atoms with Gasteiger partial charge in [0.2, 0.25) is 5.91 Å². The molecule has 1 saturated heterocycles. The van der Waals surface area contributed by atoms with Gasteiger partial charge in [0.05, 0.1) is 23.0 Å². The third-order valence-corrected chi connectivity index (χ3v) is 10.4. The van der Waals surface area contributed by atoms with E-state index >= 15 is 0 Å². The van der Waals surface area contributed by atoms with Crippen LogP contribution in [0.3, 0.4) is 0 Å². The van der Waals surface area contributed by atoms with Gasteiger partial charge in [0.15, 0.2) is 14.6 Å². The number of ether oxygens (including phenoxy) is 1. The Balaban J connectivity index is 1.52. The molecule has 40 heavy (non-hydrogen) atoms. The lowest BCUT2D eigenvalue weighted by Gasteiger charge is -2.41. The van der Waals surface area contributed by atoms with E-state index in [2.05, 4.69) is 5.32 Å². The Morgan fingerprint density at radius 3 is 2.12 bits per heavy atom. The van der Waals surface area contributed by atoms with Crippen molar-refractivity contribution in [3.8, 4) is 5.75 Å². The van der Waals surface area contributed by atoms with Gasteiger partial charge in [-0.2, -0.15) is 26.3 Å². The average molecular weight is 593 g/mol. The fraction of sp³-hybridized carbons (Fsp3) is 0.519. The minimum absolute atomic E-state index is 0.000218. The molecule has 0 spiro atoms. The van der Waals surface area contributed by atoms with Gasteiger partial charge >= 0.3 is 12.4 Å². The lowest BCUT2D eigenvalue weighted by molar-refractivity contribution is -0.143. The Morgan fingerprint density at radius 2 is 1.57 bits per heavy atom. The van der Waals surface area contributed by atoms with Crippen LogP contribution in [-0.2, 0) is 46.5 Å². The normalized spacial score (nSPS) is 17.9. The maximum absolute atomic E-state index is 13.4. The monoisotopic (exact) mass is 592 g/mol. The third kappa shape index (κ3) is 6.09. The number of piperidine rings is 1. The van der Waals surface area contributed by atoms with Crippen molar-refractivity contribution in [3.05, 3.63) is 64.2 Å². The zero-order valence-electron chi connectivity index (χ0n) is 22.0. The van der Waals surface area contributed by atoms with Crippen LogP contribution < -0.4 is 10.1 Å². The first-order valence-corrected chi connectivity index (χ1v) is 14.3. The number of amides is 1. The second-order valence-electron chi connectivity index (χ2n) is 10.5. The van der Waals surface area contributed by atoms with Crippen molar-refractivity contribution >= 4 is 15.7 Å². The number of halogens is 6. The van der Waals surface area contributed by atoms with Gasteiger partial charge < -0.3 is 10.1 Å². The molecule has 13 heteroatoms. The molecule has 1 amide bonds. The highest BCUT2D eigenvalue weighted by Gasteiger charge is 2.53. The van der Waals surface area contributed by atoms with E-state index in [9.17, 15) is 39.6 Å². The van der Waals surface area contributed by atoms with Crippen LogP contribution in [0, 0.1) is 0 Å². The number of sulfone groups is 1. The fourth-order valence-electron chi connectivity index (χ4n) is 5.23. The van der Waals surface area contributed by atoms with E-state index in [1.54, 1.807) is 0 Å². The van der Waals surface area contributed by atoms with Crippen LogP contribution in [0.5, 0.6) is 5.75 Å². The largest absolute Gasteiger partial charge is 0.493 e. The summed E-state index contributed by atoms with van der Waals surface area (Å²) in [6.07, 6.45) is -9.41. The van der Waals surface area contributed by atoms with Gasteiger partial charge in [-0.1, -0.05) is 12.1 Å². The van der Waals surface area contributed by atoms with Gasteiger partial charge in [0, 0.05) is 32.6 Å². The van der Waals surface area contributed by atoms with Gasteiger partial charge in [0.25, 0.3) is 0 Å². The molecular weight excluding hydrogens is 562 g/mol. The number of rotatable bonds is 7. The standard InChI is InChI=1S/C27H30F6N2O4S/c1-17(2)40(37,38)25(6-8-35(9-7-25)16-18-3-4-23-20(11-18)5-10-39-23)24(36)34-15-19-12-21(26(28,29)30)14-22(13-19)27(31,32)33/h3-4,11-14,17H,5-10,15-16H2,1-2H3,(H,34,36). The van der Waals surface area contributed by atoms with Crippen LogP contribution in [0.25, 0.3) is 0 Å². The Bertz CT molecular complexity index is 1330. The van der Waals surface area contributed by atoms with Crippen molar-refractivity contribution in [2.75, 3.05) is 19.7 Å². The van der Waals surface area contributed by atoms with E-state index in [4.69, 9.17) is 4.74 Å². The van der Waals surface area contributed by atoms with E-state index in [1.807, 2.05) is 23.1 Å². The molecule has 0 aromatic heterocycles. The number of alkyl halides is 6. The van der Waals surface area contributed by atoms with E-state index < -0.39 is 61.3 Å². The number of carbonyl (C=O) groups is 1. The smallest absolute Gasteiger partial charge is 0.416 e. The zero-order chi connectivity index (χ0) is 29.5. The molecule has 6 nitrogen and oxygen atoms in total. The summed E-state index contributed by atoms with van der Waals surface area (Å²) in [5.41, 5.74) is -1.36. The van der Waals surface area contributed by atoms with Crippen molar-refractivity contribution in [2.45, 2.75) is 68.5 Å². The Hall–Kier alpha value is -2.80. The van der Waals surface area contributed by atoms with Crippen LogP contribution in [0.15, 0.2) is 36.4 Å². The molecule has 2 aliphatic heterocycles. The second kappa shape index (κ2) is 10.9. The molecule has 1 fully saturated rings. The molecule has 1 N–H and O–H groups in total. The third-order valence-electron chi connectivity index (χ3n) is 7.50. The number of likely N-dealkylation sites (tertiary alicyclic amines) is 1. The highest BCUT2D eigenvalue weighted by Crippen LogP contribution is 2.38. The summed E-state index contributed by atoms with van der Waals surface area (Å²) < 4.78 is 110. The number of carbonyl (C=O) groups excluding carboxylic acids is 1. The molecule has 2 heterocycles. The van der Waals surface area contributed by atoms with Gasteiger partial charge in [0.1, 0.15) is 5.75 Å². The van der Waals surface area contributed by atoms with Crippen molar-refractivity contribution in [1.29, 1.82) is 0 Å². The molecule has 0 bridgehead atoms. The molecule has 4 rings (SSSR count). The zero-order valence-corrected chi connectivity index (χ0v) is 22.8. The maximum atomic E-state index is 13.4. The molecular formula is C27H30F6N2O4S. The number of fused-ring (bicyclic) bond motifs is 1. The molecule has 0 saturated carbocycles. The lowest BCUT2D eigenvalue weighted by atomic mass is 9.93. The average Bonchev–Trinajstić information content (AvgIpc) is 3.34.